The lowest BCUT2D eigenvalue weighted by Gasteiger charge is -2.27. The van der Waals surface area contributed by atoms with Crippen molar-refractivity contribution in [3.8, 4) is 0 Å². The van der Waals surface area contributed by atoms with Crippen molar-refractivity contribution in [3.63, 3.8) is 0 Å². The Morgan fingerprint density at radius 1 is 1.17 bits per heavy atom. The Hall–Kier alpha value is -2.73. The van der Waals surface area contributed by atoms with Crippen LogP contribution in [0.25, 0.3) is 0 Å². The molecule has 0 aliphatic rings. The van der Waals surface area contributed by atoms with Crippen LogP contribution in [0.5, 0.6) is 0 Å². The zero-order valence-corrected chi connectivity index (χ0v) is 12.8. The summed E-state index contributed by atoms with van der Waals surface area (Å²) in [5.74, 6) is -2.10. The molecule has 0 aromatic heterocycles. The summed E-state index contributed by atoms with van der Waals surface area (Å²) in [4.78, 5) is 23.8. The van der Waals surface area contributed by atoms with Crippen molar-refractivity contribution in [3.05, 3.63) is 65.5 Å². The van der Waals surface area contributed by atoms with Gasteiger partial charge in [0.1, 0.15) is 5.82 Å². The third-order valence-corrected chi connectivity index (χ3v) is 3.66. The van der Waals surface area contributed by atoms with Gasteiger partial charge in [-0.3, -0.25) is 9.59 Å². The lowest BCUT2D eigenvalue weighted by Crippen LogP contribution is -2.39. The maximum absolute atomic E-state index is 13.5. The van der Waals surface area contributed by atoms with E-state index in [4.69, 9.17) is 10.5 Å². The number of anilines is 1. The molecule has 2 aromatic carbocycles. The van der Waals surface area contributed by atoms with E-state index >= 15 is 0 Å². The van der Waals surface area contributed by atoms with Crippen molar-refractivity contribution in [1.82, 2.24) is 0 Å². The molecule has 0 spiro atoms. The number of carbonyl (C=O) groups excluding carboxylic acids is 2. The number of primary amides is 1. The first kappa shape index (κ1) is 16.6. The summed E-state index contributed by atoms with van der Waals surface area (Å²) in [6.45, 7) is 1.62. The largest absolute Gasteiger partial charge is 0.366 e. The number of amides is 2. The molecule has 2 rings (SSSR count). The van der Waals surface area contributed by atoms with Crippen LogP contribution < -0.4 is 11.1 Å². The molecule has 1 unspecified atom stereocenters. The molecule has 0 saturated carbocycles. The monoisotopic (exact) mass is 316 g/mol. The van der Waals surface area contributed by atoms with Crippen LogP contribution in [0.4, 0.5) is 10.1 Å². The van der Waals surface area contributed by atoms with Crippen LogP contribution in [-0.2, 0) is 15.1 Å². The number of methoxy groups -OCH3 is 1. The Morgan fingerprint density at radius 2 is 1.83 bits per heavy atom. The van der Waals surface area contributed by atoms with Gasteiger partial charge in [-0.25, -0.2) is 4.39 Å². The Labute approximate surface area is 133 Å². The second-order valence-electron chi connectivity index (χ2n) is 5.12. The van der Waals surface area contributed by atoms with Gasteiger partial charge in [0.25, 0.3) is 11.8 Å². The molecular formula is C17H17FN2O3. The molecule has 0 fully saturated rings. The zero-order valence-electron chi connectivity index (χ0n) is 12.8. The summed E-state index contributed by atoms with van der Waals surface area (Å²) in [5.41, 5.74) is 4.50. The molecule has 0 bridgehead atoms. The average molecular weight is 316 g/mol. The zero-order chi connectivity index (χ0) is 17.0. The number of carbonyl (C=O) groups is 2. The third-order valence-electron chi connectivity index (χ3n) is 3.66. The first-order valence-electron chi connectivity index (χ1n) is 6.90. The predicted molar refractivity (Wildman–Crippen MR) is 84.4 cm³/mol. The summed E-state index contributed by atoms with van der Waals surface area (Å²) in [6.07, 6.45) is 0. The number of ether oxygens (including phenoxy) is 1. The van der Waals surface area contributed by atoms with E-state index in [1.54, 1.807) is 31.2 Å². The van der Waals surface area contributed by atoms with Gasteiger partial charge >= 0.3 is 0 Å². The van der Waals surface area contributed by atoms with Gasteiger partial charge in [-0.2, -0.15) is 0 Å². The van der Waals surface area contributed by atoms with E-state index in [0.29, 0.717) is 5.56 Å². The van der Waals surface area contributed by atoms with Gasteiger partial charge in [0.05, 0.1) is 5.56 Å². The number of benzene rings is 2. The lowest BCUT2D eigenvalue weighted by atomic mass is 9.94. The van der Waals surface area contributed by atoms with Crippen molar-refractivity contribution in [1.29, 1.82) is 0 Å². The minimum atomic E-state index is -1.23. The molecule has 120 valence electrons. The van der Waals surface area contributed by atoms with Crippen molar-refractivity contribution < 1.29 is 18.7 Å². The van der Waals surface area contributed by atoms with Crippen LogP contribution in [0.2, 0.25) is 0 Å². The Balaban J connectivity index is 2.30. The second kappa shape index (κ2) is 6.58. The molecule has 2 aromatic rings. The number of hydrogen-bond acceptors (Lipinski definition) is 3. The standard InChI is InChI=1S/C17H17FN2O3/c1-17(23-2,11-6-4-3-5-7-11)16(22)20-12-8-9-14(18)13(10-12)15(19)21/h3-10H,1-2H3,(H2,19,21)(H,20,22). The molecule has 1 atom stereocenters. The molecule has 23 heavy (non-hydrogen) atoms. The molecule has 0 heterocycles. The van der Waals surface area contributed by atoms with Crippen LogP contribution in [-0.4, -0.2) is 18.9 Å². The van der Waals surface area contributed by atoms with Crippen molar-refractivity contribution in [2.24, 2.45) is 5.73 Å². The van der Waals surface area contributed by atoms with Gasteiger partial charge in [-0.05, 0) is 30.7 Å². The highest BCUT2D eigenvalue weighted by Gasteiger charge is 2.35. The van der Waals surface area contributed by atoms with E-state index in [0.717, 1.165) is 6.07 Å². The Bertz CT molecular complexity index is 734. The summed E-state index contributed by atoms with van der Waals surface area (Å²) < 4.78 is 18.9. The predicted octanol–water partition coefficient (Wildman–Crippen LogP) is 2.42. The molecule has 6 heteroatoms. The molecule has 5 nitrogen and oxygen atoms in total. The number of hydrogen-bond donors (Lipinski definition) is 2. The molecule has 0 saturated heterocycles. The molecule has 0 aliphatic heterocycles. The fourth-order valence-electron chi connectivity index (χ4n) is 2.14. The van der Waals surface area contributed by atoms with E-state index in [1.807, 2.05) is 6.07 Å². The molecule has 3 N–H and O–H groups in total. The minimum absolute atomic E-state index is 0.254. The van der Waals surface area contributed by atoms with Crippen LogP contribution >= 0.6 is 0 Å². The number of nitrogens with two attached hydrogens (primary N) is 1. The molecule has 2 amide bonds. The normalized spacial score (nSPS) is 13.2. The van der Waals surface area contributed by atoms with Gasteiger partial charge in [0, 0.05) is 12.8 Å². The summed E-state index contributed by atoms with van der Waals surface area (Å²) in [6, 6.07) is 12.6. The maximum atomic E-state index is 13.5. The number of rotatable bonds is 5. The average Bonchev–Trinajstić information content (AvgIpc) is 2.56. The highest BCUT2D eigenvalue weighted by molar-refractivity contribution is 5.99. The highest BCUT2D eigenvalue weighted by atomic mass is 19.1. The van der Waals surface area contributed by atoms with Crippen LogP contribution in [0, 0.1) is 5.82 Å². The quantitative estimate of drug-likeness (QED) is 0.889. The fraction of sp³-hybridized carbons (Fsp3) is 0.176. The van der Waals surface area contributed by atoms with Crippen molar-refractivity contribution >= 4 is 17.5 Å². The highest BCUT2D eigenvalue weighted by Crippen LogP contribution is 2.26. The Kier molecular flexibility index (Phi) is 4.76. The van der Waals surface area contributed by atoms with Crippen LogP contribution in [0.3, 0.4) is 0 Å². The van der Waals surface area contributed by atoms with E-state index in [-0.39, 0.29) is 11.3 Å². The van der Waals surface area contributed by atoms with Crippen LogP contribution in [0.15, 0.2) is 48.5 Å². The first-order valence-corrected chi connectivity index (χ1v) is 6.90. The van der Waals surface area contributed by atoms with E-state index in [9.17, 15) is 14.0 Å². The molecule has 0 aliphatic carbocycles. The summed E-state index contributed by atoms with van der Waals surface area (Å²) in [7, 11) is 1.42. The maximum Gasteiger partial charge on any atom is 0.260 e. The first-order chi connectivity index (χ1) is 10.9. The second-order valence-corrected chi connectivity index (χ2v) is 5.12. The van der Waals surface area contributed by atoms with E-state index in [2.05, 4.69) is 5.32 Å². The topological polar surface area (TPSA) is 81.4 Å². The van der Waals surface area contributed by atoms with Gasteiger partial charge in [0.2, 0.25) is 0 Å². The molecular weight excluding hydrogens is 299 g/mol. The van der Waals surface area contributed by atoms with E-state index in [1.165, 1.54) is 19.2 Å². The lowest BCUT2D eigenvalue weighted by molar-refractivity contribution is -0.136. The SMILES string of the molecule is COC(C)(C(=O)Nc1ccc(F)c(C(N)=O)c1)c1ccccc1. The Morgan fingerprint density at radius 3 is 2.39 bits per heavy atom. The van der Waals surface area contributed by atoms with Gasteiger partial charge < -0.3 is 15.8 Å². The smallest absolute Gasteiger partial charge is 0.260 e. The third kappa shape index (κ3) is 3.37. The summed E-state index contributed by atoms with van der Waals surface area (Å²) >= 11 is 0. The molecule has 0 radical (unpaired) electrons. The van der Waals surface area contributed by atoms with Gasteiger partial charge in [-0.15, -0.1) is 0 Å². The van der Waals surface area contributed by atoms with Crippen molar-refractivity contribution in [2.75, 3.05) is 12.4 Å². The summed E-state index contributed by atoms with van der Waals surface area (Å²) in [5, 5.41) is 2.62. The minimum Gasteiger partial charge on any atom is -0.366 e. The fourth-order valence-corrected chi connectivity index (χ4v) is 2.14. The van der Waals surface area contributed by atoms with Gasteiger partial charge in [0.15, 0.2) is 5.60 Å². The van der Waals surface area contributed by atoms with Gasteiger partial charge in [-0.1, -0.05) is 30.3 Å². The van der Waals surface area contributed by atoms with Crippen molar-refractivity contribution in [2.45, 2.75) is 12.5 Å². The number of nitrogens with one attached hydrogen (secondary N) is 1. The number of halogens is 1. The van der Waals surface area contributed by atoms with E-state index < -0.39 is 23.2 Å². The van der Waals surface area contributed by atoms with Crippen LogP contribution in [0.1, 0.15) is 22.8 Å².